The van der Waals surface area contributed by atoms with Gasteiger partial charge in [-0.3, -0.25) is 9.59 Å². The maximum Gasteiger partial charge on any atom is 0.416 e. The van der Waals surface area contributed by atoms with Crippen LogP contribution in [0.3, 0.4) is 0 Å². The average molecular weight is 370 g/mol. The standard InChI is InChI=1S/C17H17F3N2O2S/c1-10-4-2-3-7-22(10)15(23)9-14-16(24)21-12-8-11(17(18,19)20)5-6-13(12)25-14/h5-6,8-10H,2-4,7H2,1H3,(H,21,24). The highest BCUT2D eigenvalue weighted by Gasteiger charge is 2.33. The van der Waals surface area contributed by atoms with E-state index in [4.69, 9.17) is 0 Å². The van der Waals surface area contributed by atoms with E-state index in [2.05, 4.69) is 5.32 Å². The summed E-state index contributed by atoms with van der Waals surface area (Å²) in [4.78, 5) is 27.0. The summed E-state index contributed by atoms with van der Waals surface area (Å²) in [5, 5.41) is 2.44. The molecule has 2 aliphatic rings. The van der Waals surface area contributed by atoms with Crippen LogP contribution in [0.15, 0.2) is 34.1 Å². The molecule has 134 valence electrons. The molecule has 25 heavy (non-hydrogen) atoms. The molecular weight excluding hydrogens is 353 g/mol. The quantitative estimate of drug-likeness (QED) is 0.759. The lowest BCUT2D eigenvalue weighted by Crippen LogP contribution is -2.41. The molecule has 0 bridgehead atoms. The fourth-order valence-corrected chi connectivity index (χ4v) is 3.85. The van der Waals surface area contributed by atoms with Crippen molar-refractivity contribution in [1.29, 1.82) is 0 Å². The molecule has 0 radical (unpaired) electrons. The Morgan fingerprint density at radius 1 is 1.36 bits per heavy atom. The Morgan fingerprint density at radius 3 is 2.80 bits per heavy atom. The van der Waals surface area contributed by atoms with E-state index in [1.807, 2.05) is 6.92 Å². The van der Waals surface area contributed by atoms with E-state index in [-0.39, 0.29) is 22.5 Å². The van der Waals surface area contributed by atoms with Crippen LogP contribution in [0.25, 0.3) is 0 Å². The predicted octanol–water partition coefficient (Wildman–Crippen LogP) is 4.03. The van der Waals surface area contributed by atoms with Gasteiger partial charge in [0, 0.05) is 23.6 Å². The van der Waals surface area contributed by atoms with Crippen molar-refractivity contribution < 1.29 is 22.8 Å². The van der Waals surface area contributed by atoms with E-state index >= 15 is 0 Å². The summed E-state index contributed by atoms with van der Waals surface area (Å²) in [6.07, 6.45) is -0.256. The topological polar surface area (TPSA) is 49.4 Å². The van der Waals surface area contributed by atoms with Crippen molar-refractivity contribution in [2.75, 3.05) is 11.9 Å². The molecule has 2 heterocycles. The number of hydrogen-bond acceptors (Lipinski definition) is 3. The summed E-state index contributed by atoms with van der Waals surface area (Å²) in [7, 11) is 0. The number of carbonyl (C=O) groups is 2. The zero-order valence-electron chi connectivity index (χ0n) is 13.5. The van der Waals surface area contributed by atoms with Crippen LogP contribution in [-0.4, -0.2) is 29.3 Å². The first-order valence-corrected chi connectivity index (χ1v) is 8.80. The number of fused-ring (bicyclic) bond motifs is 1. The van der Waals surface area contributed by atoms with E-state index in [0.717, 1.165) is 43.2 Å². The van der Waals surface area contributed by atoms with Crippen molar-refractivity contribution in [1.82, 2.24) is 4.90 Å². The molecule has 1 fully saturated rings. The zero-order valence-corrected chi connectivity index (χ0v) is 14.3. The molecule has 3 rings (SSSR count). The van der Waals surface area contributed by atoms with Crippen molar-refractivity contribution in [3.05, 3.63) is 34.7 Å². The number of halogens is 3. The summed E-state index contributed by atoms with van der Waals surface area (Å²) in [6, 6.07) is 3.31. The second-order valence-electron chi connectivity index (χ2n) is 6.15. The molecule has 8 heteroatoms. The molecule has 1 saturated heterocycles. The predicted molar refractivity (Wildman–Crippen MR) is 89.0 cm³/mol. The van der Waals surface area contributed by atoms with Crippen LogP contribution in [0.2, 0.25) is 0 Å². The molecule has 0 aromatic heterocycles. The van der Waals surface area contributed by atoms with E-state index in [9.17, 15) is 22.8 Å². The lowest BCUT2D eigenvalue weighted by Gasteiger charge is -2.32. The number of alkyl halides is 3. The lowest BCUT2D eigenvalue weighted by molar-refractivity contribution is -0.137. The summed E-state index contributed by atoms with van der Waals surface area (Å²) >= 11 is 1.01. The van der Waals surface area contributed by atoms with Crippen molar-refractivity contribution >= 4 is 29.3 Å². The third-order valence-electron chi connectivity index (χ3n) is 4.34. The number of hydrogen-bond donors (Lipinski definition) is 1. The number of rotatable bonds is 1. The molecule has 0 aliphatic carbocycles. The van der Waals surface area contributed by atoms with Crippen molar-refractivity contribution in [2.45, 2.75) is 43.3 Å². The van der Waals surface area contributed by atoms with Gasteiger partial charge in [0.1, 0.15) is 0 Å². The highest BCUT2D eigenvalue weighted by Crippen LogP contribution is 2.41. The summed E-state index contributed by atoms with van der Waals surface area (Å²) < 4.78 is 38.3. The van der Waals surface area contributed by atoms with Crippen LogP contribution in [0.4, 0.5) is 18.9 Å². The van der Waals surface area contributed by atoms with Gasteiger partial charge in [0.15, 0.2) is 0 Å². The van der Waals surface area contributed by atoms with Gasteiger partial charge in [-0.25, -0.2) is 0 Å². The summed E-state index contributed by atoms with van der Waals surface area (Å²) in [5.74, 6) is -0.796. The third-order valence-corrected chi connectivity index (χ3v) is 5.44. The van der Waals surface area contributed by atoms with Crippen LogP contribution in [0, 0.1) is 0 Å². The number of amides is 2. The van der Waals surface area contributed by atoms with Crippen LogP contribution in [-0.2, 0) is 15.8 Å². The molecule has 1 atom stereocenters. The Morgan fingerprint density at radius 2 is 2.12 bits per heavy atom. The van der Waals surface area contributed by atoms with Crippen molar-refractivity contribution in [3.8, 4) is 0 Å². The minimum absolute atomic E-state index is 0.112. The molecule has 2 aliphatic heterocycles. The van der Waals surface area contributed by atoms with Crippen LogP contribution < -0.4 is 5.32 Å². The fraction of sp³-hybridized carbons (Fsp3) is 0.412. The molecule has 1 unspecified atom stereocenters. The fourth-order valence-electron chi connectivity index (χ4n) is 2.96. The van der Waals surface area contributed by atoms with Gasteiger partial charge >= 0.3 is 6.18 Å². The number of piperidine rings is 1. The largest absolute Gasteiger partial charge is 0.416 e. The number of nitrogens with zero attached hydrogens (tertiary/aromatic N) is 1. The maximum atomic E-state index is 12.8. The van der Waals surface area contributed by atoms with E-state index in [0.29, 0.717) is 11.4 Å². The zero-order chi connectivity index (χ0) is 18.2. The Labute approximate surface area is 147 Å². The van der Waals surface area contributed by atoms with E-state index < -0.39 is 17.6 Å². The van der Waals surface area contributed by atoms with Gasteiger partial charge in [-0.2, -0.15) is 13.2 Å². The lowest BCUT2D eigenvalue weighted by atomic mass is 10.0. The minimum Gasteiger partial charge on any atom is -0.336 e. The van der Waals surface area contributed by atoms with Gasteiger partial charge in [0.25, 0.3) is 5.91 Å². The molecule has 0 spiro atoms. The first-order chi connectivity index (χ1) is 11.8. The van der Waals surface area contributed by atoms with Gasteiger partial charge in [0.2, 0.25) is 5.91 Å². The minimum atomic E-state index is -4.47. The average Bonchev–Trinajstić information content (AvgIpc) is 2.54. The first-order valence-electron chi connectivity index (χ1n) is 7.98. The van der Waals surface area contributed by atoms with Gasteiger partial charge in [-0.1, -0.05) is 11.8 Å². The highest BCUT2D eigenvalue weighted by molar-refractivity contribution is 8.04. The number of nitrogens with one attached hydrogen (secondary N) is 1. The molecule has 2 amide bonds. The smallest absolute Gasteiger partial charge is 0.336 e. The van der Waals surface area contributed by atoms with Gasteiger partial charge in [0.05, 0.1) is 16.2 Å². The van der Waals surface area contributed by atoms with Gasteiger partial charge in [-0.05, 0) is 44.4 Å². The number of benzene rings is 1. The maximum absolute atomic E-state index is 12.8. The monoisotopic (exact) mass is 370 g/mol. The van der Waals surface area contributed by atoms with Crippen molar-refractivity contribution in [2.24, 2.45) is 0 Å². The number of carbonyl (C=O) groups excluding carboxylic acids is 2. The van der Waals surface area contributed by atoms with Gasteiger partial charge < -0.3 is 10.2 Å². The van der Waals surface area contributed by atoms with Gasteiger partial charge in [-0.15, -0.1) is 0 Å². The second kappa shape index (κ2) is 6.74. The highest BCUT2D eigenvalue weighted by atomic mass is 32.2. The molecule has 1 aromatic carbocycles. The SMILES string of the molecule is CC1CCCCN1C(=O)C=C1Sc2ccc(C(F)(F)F)cc2NC1=O. The van der Waals surface area contributed by atoms with Crippen molar-refractivity contribution in [3.63, 3.8) is 0 Å². The normalized spacial score (nSPS) is 22.6. The molecular formula is C17H17F3N2O2S. The summed E-state index contributed by atoms with van der Waals surface area (Å²) in [6.45, 7) is 2.62. The molecule has 1 N–H and O–H groups in total. The van der Waals surface area contributed by atoms with E-state index in [1.165, 1.54) is 12.1 Å². The number of anilines is 1. The number of likely N-dealkylation sites (tertiary alicyclic amines) is 1. The Kier molecular flexibility index (Phi) is 4.81. The van der Waals surface area contributed by atoms with E-state index in [1.54, 1.807) is 4.90 Å². The first kappa shape index (κ1) is 17.8. The Balaban J connectivity index is 1.82. The van der Waals surface area contributed by atoms with Crippen LogP contribution in [0.1, 0.15) is 31.7 Å². The number of thioether (sulfide) groups is 1. The third kappa shape index (κ3) is 3.84. The molecule has 1 aromatic rings. The molecule has 4 nitrogen and oxygen atoms in total. The Bertz CT molecular complexity index is 746. The second-order valence-corrected chi connectivity index (χ2v) is 7.23. The Hall–Kier alpha value is -1.96. The molecule has 0 saturated carbocycles. The summed E-state index contributed by atoms with van der Waals surface area (Å²) in [5.41, 5.74) is -0.710. The van der Waals surface area contributed by atoms with Crippen LogP contribution >= 0.6 is 11.8 Å². The van der Waals surface area contributed by atoms with Crippen LogP contribution in [0.5, 0.6) is 0 Å².